The van der Waals surface area contributed by atoms with Crippen LogP contribution in [0, 0.1) is 0 Å². The van der Waals surface area contributed by atoms with E-state index in [4.69, 9.17) is 5.11 Å². The minimum Gasteiger partial charge on any atom is -0.396 e. The van der Waals surface area contributed by atoms with Gasteiger partial charge >= 0.3 is 0 Å². The van der Waals surface area contributed by atoms with Crippen LogP contribution in [0.2, 0.25) is 0 Å². The lowest BCUT2D eigenvalue weighted by atomic mass is 9.74. The summed E-state index contributed by atoms with van der Waals surface area (Å²) in [7, 11) is 0. The number of hydrogen-bond acceptors (Lipinski definition) is 3. The Morgan fingerprint density at radius 3 is 2.29 bits per heavy atom. The van der Waals surface area contributed by atoms with Gasteiger partial charge in [-0.3, -0.25) is 0 Å². The number of rotatable bonds is 12. The van der Waals surface area contributed by atoms with E-state index in [1.165, 1.54) is 0 Å². The number of aliphatic hydroxyl groups excluding tert-OH is 1. The number of halogens is 2. The molecule has 2 atom stereocenters. The van der Waals surface area contributed by atoms with Crippen LogP contribution in [-0.4, -0.2) is 29.9 Å². The molecule has 2 aromatic carbocycles. The first-order chi connectivity index (χ1) is 13.1. The Morgan fingerprint density at radius 2 is 1.68 bits per heavy atom. The Bertz CT molecular complexity index is 653. The Labute approximate surface area is 184 Å². The average Bonchev–Trinajstić information content (AvgIpc) is 2.70. The van der Waals surface area contributed by atoms with Crippen LogP contribution < -0.4 is 5.32 Å². The summed E-state index contributed by atoms with van der Waals surface area (Å²) in [5.74, 6) is -0.0412. The molecule has 156 valence electrons. The highest BCUT2D eigenvalue weighted by atomic mass is 79.9. The van der Waals surface area contributed by atoms with Crippen molar-refractivity contribution in [2.75, 3.05) is 19.7 Å². The summed E-state index contributed by atoms with van der Waals surface area (Å²) in [6.07, 6.45) is 4.48. The first-order valence-electron chi connectivity index (χ1n) is 9.96. The maximum absolute atomic E-state index is 11.9. The summed E-state index contributed by atoms with van der Waals surface area (Å²) < 4.78 is 1.02. The summed E-state index contributed by atoms with van der Waals surface area (Å²) >= 11 is 3.50. The van der Waals surface area contributed by atoms with Crippen LogP contribution in [-0.2, 0) is 5.60 Å². The fourth-order valence-corrected chi connectivity index (χ4v) is 3.82. The summed E-state index contributed by atoms with van der Waals surface area (Å²) in [4.78, 5) is 0. The van der Waals surface area contributed by atoms with Gasteiger partial charge in [-0.1, -0.05) is 78.2 Å². The molecule has 2 unspecified atom stereocenters. The van der Waals surface area contributed by atoms with E-state index in [1.54, 1.807) is 0 Å². The minimum absolute atomic E-state index is 0. The number of benzene rings is 2. The zero-order chi connectivity index (χ0) is 19.5. The number of aliphatic hydroxyl groups is 2. The van der Waals surface area contributed by atoms with Crippen LogP contribution in [0.4, 0.5) is 0 Å². The molecular formula is C23H33BrClNO2. The van der Waals surface area contributed by atoms with Gasteiger partial charge in [0.1, 0.15) is 0 Å². The van der Waals surface area contributed by atoms with E-state index in [1.807, 2.05) is 42.5 Å². The van der Waals surface area contributed by atoms with Crippen molar-refractivity contribution in [2.45, 2.75) is 50.5 Å². The molecule has 0 spiro atoms. The zero-order valence-electron chi connectivity index (χ0n) is 16.6. The van der Waals surface area contributed by atoms with E-state index < -0.39 is 5.60 Å². The summed E-state index contributed by atoms with van der Waals surface area (Å²) in [6.45, 7) is 3.93. The first kappa shape index (κ1) is 25.1. The van der Waals surface area contributed by atoms with Gasteiger partial charge in [0.2, 0.25) is 0 Å². The molecular weight excluding hydrogens is 438 g/mol. The fraction of sp³-hybridized carbons (Fsp3) is 0.478. The molecule has 0 saturated carbocycles. The van der Waals surface area contributed by atoms with Crippen molar-refractivity contribution in [1.29, 1.82) is 0 Å². The molecule has 0 bridgehead atoms. The number of unbranched alkanes of at least 4 members (excludes halogenated alkanes) is 2. The highest BCUT2D eigenvalue weighted by Crippen LogP contribution is 2.41. The molecule has 2 rings (SSSR count). The van der Waals surface area contributed by atoms with E-state index in [0.717, 1.165) is 54.2 Å². The predicted octanol–water partition coefficient (Wildman–Crippen LogP) is 5.39. The van der Waals surface area contributed by atoms with E-state index in [0.29, 0.717) is 6.54 Å². The third-order valence-electron chi connectivity index (χ3n) is 5.14. The highest BCUT2D eigenvalue weighted by Gasteiger charge is 2.38. The molecule has 0 amide bonds. The van der Waals surface area contributed by atoms with Crippen molar-refractivity contribution in [3.63, 3.8) is 0 Å². The van der Waals surface area contributed by atoms with Crippen molar-refractivity contribution in [1.82, 2.24) is 5.32 Å². The second kappa shape index (κ2) is 13.3. The van der Waals surface area contributed by atoms with Gasteiger partial charge in [-0.05, 0) is 49.1 Å². The second-order valence-electron chi connectivity index (χ2n) is 7.13. The van der Waals surface area contributed by atoms with Gasteiger partial charge in [-0.15, -0.1) is 12.4 Å². The first-order valence-corrected chi connectivity index (χ1v) is 10.8. The Morgan fingerprint density at radius 1 is 1.00 bits per heavy atom. The Balaban J connectivity index is 0.00000392. The maximum Gasteiger partial charge on any atom is 0.0976 e. The van der Waals surface area contributed by atoms with Crippen molar-refractivity contribution in [3.05, 3.63) is 70.2 Å². The average molecular weight is 471 g/mol. The quantitative estimate of drug-likeness (QED) is 0.364. The van der Waals surface area contributed by atoms with Crippen LogP contribution in [0.15, 0.2) is 59.1 Å². The van der Waals surface area contributed by atoms with E-state index in [-0.39, 0.29) is 24.9 Å². The zero-order valence-corrected chi connectivity index (χ0v) is 19.0. The van der Waals surface area contributed by atoms with Gasteiger partial charge in [-0.25, -0.2) is 0 Å². The van der Waals surface area contributed by atoms with Crippen LogP contribution >= 0.6 is 28.3 Å². The van der Waals surface area contributed by atoms with Gasteiger partial charge in [0, 0.05) is 23.5 Å². The third-order valence-corrected chi connectivity index (χ3v) is 5.67. The second-order valence-corrected chi connectivity index (χ2v) is 8.05. The molecule has 0 aliphatic heterocycles. The molecule has 0 saturated heterocycles. The van der Waals surface area contributed by atoms with Crippen molar-refractivity contribution >= 4 is 28.3 Å². The van der Waals surface area contributed by atoms with Crippen molar-refractivity contribution < 1.29 is 10.2 Å². The lowest BCUT2D eigenvalue weighted by Gasteiger charge is -2.38. The monoisotopic (exact) mass is 469 g/mol. The van der Waals surface area contributed by atoms with Crippen LogP contribution in [0.3, 0.4) is 0 Å². The van der Waals surface area contributed by atoms with Gasteiger partial charge in [0.05, 0.1) is 5.60 Å². The molecule has 3 nitrogen and oxygen atoms in total. The van der Waals surface area contributed by atoms with Gasteiger partial charge in [-0.2, -0.15) is 0 Å². The normalized spacial score (nSPS) is 14.1. The number of hydrogen-bond donors (Lipinski definition) is 3. The maximum atomic E-state index is 11.9. The lowest BCUT2D eigenvalue weighted by Crippen LogP contribution is -2.39. The van der Waals surface area contributed by atoms with E-state index in [9.17, 15) is 5.11 Å². The molecule has 0 heterocycles. The van der Waals surface area contributed by atoms with Crippen molar-refractivity contribution in [2.24, 2.45) is 0 Å². The molecule has 0 radical (unpaired) electrons. The molecule has 2 aromatic rings. The van der Waals surface area contributed by atoms with Crippen molar-refractivity contribution in [3.8, 4) is 0 Å². The molecule has 0 aliphatic rings. The predicted molar refractivity (Wildman–Crippen MR) is 123 cm³/mol. The van der Waals surface area contributed by atoms with E-state index in [2.05, 4.69) is 40.3 Å². The lowest BCUT2D eigenvalue weighted by molar-refractivity contribution is -0.00369. The van der Waals surface area contributed by atoms with Gasteiger partial charge in [0.15, 0.2) is 0 Å². The molecule has 3 N–H and O–H groups in total. The summed E-state index contributed by atoms with van der Waals surface area (Å²) in [6, 6.07) is 18.4. The smallest absolute Gasteiger partial charge is 0.0976 e. The topological polar surface area (TPSA) is 52.5 Å². The molecule has 0 aromatic heterocycles. The summed E-state index contributed by atoms with van der Waals surface area (Å²) in [5, 5.41) is 24.4. The standard InChI is InChI=1S/C23H32BrNO2.ClH/c1-2-3-15-23(27,20-11-13-21(24)14-12-20)22(18-25-16-7-8-17-26)19-9-5-4-6-10-19;/h4-6,9-14,22,25-27H,2-3,7-8,15-18H2,1H3;1H. The number of nitrogens with one attached hydrogen (secondary N) is 1. The highest BCUT2D eigenvalue weighted by molar-refractivity contribution is 9.10. The fourth-order valence-electron chi connectivity index (χ4n) is 3.56. The largest absolute Gasteiger partial charge is 0.396 e. The molecule has 5 heteroatoms. The van der Waals surface area contributed by atoms with Crippen LogP contribution in [0.1, 0.15) is 56.1 Å². The van der Waals surface area contributed by atoms with Gasteiger partial charge < -0.3 is 15.5 Å². The Hall–Kier alpha value is -0.910. The molecule has 28 heavy (non-hydrogen) atoms. The van der Waals surface area contributed by atoms with Gasteiger partial charge in [0.25, 0.3) is 0 Å². The minimum atomic E-state index is -0.929. The Kier molecular flexibility index (Phi) is 12.0. The van der Waals surface area contributed by atoms with Crippen LogP contribution in [0.25, 0.3) is 0 Å². The van der Waals surface area contributed by atoms with E-state index >= 15 is 0 Å². The third kappa shape index (κ3) is 7.16. The molecule has 0 fully saturated rings. The summed E-state index contributed by atoms with van der Waals surface area (Å²) in [5.41, 5.74) is 1.18. The van der Waals surface area contributed by atoms with Crippen LogP contribution in [0.5, 0.6) is 0 Å². The molecule has 0 aliphatic carbocycles. The SMILES string of the molecule is CCCCC(O)(c1ccc(Br)cc1)C(CNCCCCO)c1ccccc1.Cl.